The zero-order chi connectivity index (χ0) is 18.1. The molecule has 1 heterocycles. The molecule has 0 bridgehead atoms. The van der Waals surface area contributed by atoms with Crippen LogP contribution in [-0.2, 0) is 10.0 Å². The second-order valence-electron chi connectivity index (χ2n) is 5.63. The Balaban J connectivity index is 1.67. The van der Waals surface area contributed by atoms with Crippen LogP contribution in [0.15, 0.2) is 82.1 Å². The largest absolute Gasteiger partial charge is 0.436 e. The van der Waals surface area contributed by atoms with Gasteiger partial charge in [0.15, 0.2) is 5.58 Å². The Labute approximate surface area is 164 Å². The number of oxazole rings is 1. The van der Waals surface area contributed by atoms with Gasteiger partial charge >= 0.3 is 0 Å². The molecule has 7 heteroatoms. The molecular formula is C19H13IN2O3S. The quantitative estimate of drug-likeness (QED) is 0.426. The number of hydrogen-bond acceptors (Lipinski definition) is 4. The first kappa shape index (κ1) is 17.0. The fourth-order valence-electron chi connectivity index (χ4n) is 2.52. The number of nitrogens with zero attached hydrogens (tertiary/aromatic N) is 1. The average Bonchev–Trinajstić information content (AvgIpc) is 3.06. The van der Waals surface area contributed by atoms with E-state index >= 15 is 0 Å². The molecule has 0 atom stereocenters. The molecule has 0 unspecified atom stereocenters. The van der Waals surface area contributed by atoms with Crippen molar-refractivity contribution in [2.24, 2.45) is 0 Å². The zero-order valence-corrected chi connectivity index (χ0v) is 16.4. The molecule has 0 aliphatic carbocycles. The molecule has 0 spiro atoms. The van der Waals surface area contributed by atoms with E-state index in [2.05, 4.69) is 32.3 Å². The summed E-state index contributed by atoms with van der Waals surface area (Å²) in [6, 6.07) is 21.1. The maximum absolute atomic E-state index is 12.4. The Bertz CT molecular complexity index is 1170. The lowest BCUT2D eigenvalue weighted by molar-refractivity contribution is 0.601. The first-order chi connectivity index (χ1) is 12.5. The van der Waals surface area contributed by atoms with E-state index in [1.165, 1.54) is 0 Å². The van der Waals surface area contributed by atoms with Crippen molar-refractivity contribution < 1.29 is 12.8 Å². The van der Waals surface area contributed by atoms with E-state index in [1.54, 1.807) is 48.5 Å². The number of hydrogen-bond donors (Lipinski definition) is 1. The molecule has 0 aliphatic heterocycles. The van der Waals surface area contributed by atoms with Crippen LogP contribution in [0.1, 0.15) is 0 Å². The van der Waals surface area contributed by atoms with E-state index in [0.717, 1.165) is 9.13 Å². The fourth-order valence-corrected chi connectivity index (χ4v) is 3.95. The molecule has 130 valence electrons. The molecule has 0 saturated heterocycles. The van der Waals surface area contributed by atoms with Crippen molar-refractivity contribution >= 4 is 49.4 Å². The van der Waals surface area contributed by atoms with Crippen molar-refractivity contribution in [3.05, 3.63) is 76.4 Å². The topological polar surface area (TPSA) is 72.2 Å². The number of sulfonamides is 1. The molecule has 5 nitrogen and oxygen atoms in total. The summed E-state index contributed by atoms with van der Waals surface area (Å²) in [4.78, 5) is 4.68. The van der Waals surface area contributed by atoms with Crippen molar-refractivity contribution in [3.63, 3.8) is 0 Å². The minimum atomic E-state index is -3.64. The zero-order valence-electron chi connectivity index (χ0n) is 13.4. The molecule has 0 fully saturated rings. The fraction of sp³-hybridized carbons (Fsp3) is 0. The molecule has 0 radical (unpaired) electrons. The van der Waals surface area contributed by atoms with Gasteiger partial charge in [-0.15, -0.1) is 0 Å². The van der Waals surface area contributed by atoms with Crippen LogP contribution in [0.4, 0.5) is 5.69 Å². The highest BCUT2D eigenvalue weighted by atomic mass is 127. The molecule has 0 aliphatic rings. The highest BCUT2D eigenvalue weighted by molar-refractivity contribution is 14.1. The van der Waals surface area contributed by atoms with Crippen molar-refractivity contribution in [2.75, 3.05) is 4.72 Å². The summed E-state index contributed by atoms with van der Waals surface area (Å²) in [7, 11) is -3.64. The Kier molecular flexibility index (Phi) is 4.41. The van der Waals surface area contributed by atoms with E-state index in [1.807, 2.05) is 24.3 Å². The number of fused-ring (bicyclic) bond motifs is 1. The summed E-state index contributed by atoms with van der Waals surface area (Å²) in [5.74, 6) is 0.500. The lowest BCUT2D eigenvalue weighted by Gasteiger charge is -2.07. The Morgan fingerprint density at radius 3 is 2.38 bits per heavy atom. The predicted molar refractivity (Wildman–Crippen MR) is 109 cm³/mol. The normalized spacial score (nSPS) is 11.6. The van der Waals surface area contributed by atoms with Gasteiger partial charge in [-0.05, 0) is 77.2 Å². The SMILES string of the molecule is O=S(=O)(Nc1ccc2oc(-c3ccc(I)cc3)nc2c1)c1ccccc1. The summed E-state index contributed by atoms with van der Waals surface area (Å²) in [6.45, 7) is 0. The van der Waals surface area contributed by atoms with Crippen molar-refractivity contribution in [2.45, 2.75) is 4.90 Å². The monoisotopic (exact) mass is 476 g/mol. The van der Waals surface area contributed by atoms with Gasteiger partial charge in [0.25, 0.3) is 10.0 Å². The van der Waals surface area contributed by atoms with E-state index in [9.17, 15) is 8.42 Å². The van der Waals surface area contributed by atoms with Crippen molar-refractivity contribution in [1.29, 1.82) is 0 Å². The molecule has 1 aromatic heterocycles. The van der Waals surface area contributed by atoms with Crippen molar-refractivity contribution in [1.82, 2.24) is 4.98 Å². The maximum Gasteiger partial charge on any atom is 0.261 e. The highest BCUT2D eigenvalue weighted by Crippen LogP contribution is 2.27. The maximum atomic E-state index is 12.4. The molecular weight excluding hydrogens is 463 g/mol. The van der Waals surface area contributed by atoms with Gasteiger partial charge in [-0.25, -0.2) is 13.4 Å². The molecule has 26 heavy (non-hydrogen) atoms. The summed E-state index contributed by atoms with van der Waals surface area (Å²) < 4.78 is 34.4. The van der Waals surface area contributed by atoms with E-state index in [4.69, 9.17) is 4.42 Å². The second-order valence-corrected chi connectivity index (χ2v) is 8.56. The van der Waals surface area contributed by atoms with Crippen LogP contribution >= 0.6 is 22.6 Å². The minimum absolute atomic E-state index is 0.208. The van der Waals surface area contributed by atoms with Gasteiger partial charge in [-0.3, -0.25) is 4.72 Å². The van der Waals surface area contributed by atoms with Crippen LogP contribution in [0.5, 0.6) is 0 Å². The second kappa shape index (κ2) is 6.73. The lowest BCUT2D eigenvalue weighted by Crippen LogP contribution is -2.12. The third kappa shape index (κ3) is 3.45. The molecule has 0 saturated carbocycles. The molecule has 3 aromatic carbocycles. The third-order valence-corrected chi connectivity index (χ3v) is 5.90. The number of benzene rings is 3. The molecule has 4 rings (SSSR count). The lowest BCUT2D eigenvalue weighted by atomic mass is 10.2. The van der Waals surface area contributed by atoms with Crippen LogP contribution in [0.3, 0.4) is 0 Å². The van der Waals surface area contributed by atoms with Crippen LogP contribution in [0.25, 0.3) is 22.6 Å². The molecule has 0 amide bonds. The van der Waals surface area contributed by atoms with Crippen LogP contribution < -0.4 is 4.72 Å². The van der Waals surface area contributed by atoms with E-state index in [0.29, 0.717) is 22.7 Å². The predicted octanol–water partition coefficient (Wildman–Crippen LogP) is 4.90. The van der Waals surface area contributed by atoms with Crippen LogP contribution in [0.2, 0.25) is 0 Å². The van der Waals surface area contributed by atoms with E-state index in [-0.39, 0.29) is 4.90 Å². The van der Waals surface area contributed by atoms with Gasteiger partial charge in [-0.1, -0.05) is 18.2 Å². The standard InChI is InChI=1S/C19H13IN2O3S/c20-14-8-6-13(7-9-14)19-21-17-12-15(10-11-18(17)25-19)22-26(23,24)16-4-2-1-3-5-16/h1-12,22H. The number of halogens is 1. The summed E-state index contributed by atoms with van der Waals surface area (Å²) >= 11 is 2.24. The average molecular weight is 476 g/mol. The first-order valence-electron chi connectivity index (χ1n) is 7.76. The summed E-state index contributed by atoms with van der Waals surface area (Å²) in [5.41, 5.74) is 2.49. The molecule has 4 aromatic rings. The van der Waals surface area contributed by atoms with Gasteiger partial charge in [-0.2, -0.15) is 0 Å². The highest BCUT2D eigenvalue weighted by Gasteiger charge is 2.15. The number of aromatic nitrogens is 1. The Morgan fingerprint density at radius 1 is 0.923 bits per heavy atom. The minimum Gasteiger partial charge on any atom is -0.436 e. The Hall–Kier alpha value is -2.39. The summed E-state index contributed by atoms with van der Waals surface area (Å²) in [5, 5.41) is 0. The number of nitrogens with one attached hydrogen (secondary N) is 1. The van der Waals surface area contributed by atoms with Gasteiger partial charge in [0.2, 0.25) is 5.89 Å². The van der Waals surface area contributed by atoms with Gasteiger partial charge in [0, 0.05) is 9.13 Å². The van der Waals surface area contributed by atoms with Gasteiger partial charge in [0.1, 0.15) is 5.52 Å². The number of anilines is 1. The van der Waals surface area contributed by atoms with Gasteiger partial charge in [0.05, 0.1) is 10.6 Å². The molecule has 1 N–H and O–H groups in total. The number of rotatable bonds is 4. The van der Waals surface area contributed by atoms with Crippen LogP contribution in [-0.4, -0.2) is 13.4 Å². The third-order valence-electron chi connectivity index (χ3n) is 3.78. The van der Waals surface area contributed by atoms with Crippen molar-refractivity contribution in [3.8, 4) is 11.5 Å². The summed E-state index contributed by atoms with van der Waals surface area (Å²) in [6.07, 6.45) is 0. The van der Waals surface area contributed by atoms with Crippen LogP contribution in [0, 0.1) is 3.57 Å². The van der Waals surface area contributed by atoms with E-state index < -0.39 is 10.0 Å². The smallest absolute Gasteiger partial charge is 0.261 e. The first-order valence-corrected chi connectivity index (χ1v) is 10.3. The Morgan fingerprint density at radius 2 is 1.65 bits per heavy atom. The van der Waals surface area contributed by atoms with Gasteiger partial charge < -0.3 is 4.42 Å².